The summed E-state index contributed by atoms with van der Waals surface area (Å²) in [6.45, 7) is 7.87. The molecule has 0 bridgehead atoms. The Balaban J connectivity index is 1.83. The Bertz CT molecular complexity index is 724. The summed E-state index contributed by atoms with van der Waals surface area (Å²) in [6, 6.07) is 4.89. The lowest BCUT2D eigenvalue weighted by Gasteiger charge is -2.34. The van der Waals surface area contributed by atoms with E-state index in [1.54, 1.807) is 12.1 Å². The van der Waals surface area contributed by atoms with E-state index in [2.05, 4.69) is 22.1 Å². The molecule has 1 saturated heterocycles. The molecular formula is C17H25FN6O. The molecule has 1 fully saturated rings. The smallest absolute Gasteiger partial charge is 0.322 e. The molecule has 8 heteroatoms. The molecule has 2 heterocycles. The fraction of sp³-hybridized carbons (Fsp3) is 0.529. The van der Waals surface area contributed by atoms with Gasteiger partial charge in [0.05, 0.1) is 11.7 Å². The molecule has 0 saturated carbocycles. The summed E-state index contributed by atoms with van der Waals surface area (Å²) in [5.41, 5.74) is 6.47. The Morgan fingerprint density at radius 1 is 1.24 bits per heavy atom. The molecule has 0 spiro atoms. The molecular weight excluding hydrogens is 323 g/mol. The van der Waals surface area contributed by atoms with Gasteiger partial charge in [0.15, 0.2) is 5.82 Å². The fourth-order valence-electron chi connectivity index (χ4n) is 2.96. The summed E-state index contributed by atoms with van der Waals surface area (Å²) in [5, 5.41) is 8.17. The van der Waals surface area contributed by atoms with Gasteiger partial charge in [-0.05, 0) is 33.0 Å². The second-order valence-corrected chi connectivity index (χ2v) is 6.38. The number of rotatable bonds is 5. The largest absolute Gasteiger partial charge is 0.424 e. The summed E-state index contributed by atoms with van der Waals surface area (Å²) in [4.78, 5) is 4.27. The third-order valence-electron chi connectivity index (χ3n) is 4.44. The van der Waals surface area contributed by atoms with Gasteiger partial charge in [-0.25, -0.2) is 4.39 Å². The van der Waals surface area contributed by atoms with Crippen molar-refractivity contribution in [2.45, 2.75) is 26.4 Å². The molecule has 7 nitrogen and oxygen atoms in total. The van der Waals surface area contributed by atoms with Crippen LogP contribution in [-0.4, -0.2) is 52.9 Å². The number of piperazine rings is 1. The van der Waals surface area contributed by atoms with Crippen LogP contribution in [0.5, 0.6) is 11.8 Å². The lowest BCUT2D eigenvalue weighted by atomic mass is 10.2. The highest BCUT2D eigenvalue weighted by atomic mass is 19.1. The Labute approximate surface area is 147 Å². The van der Waals surface area contributed by atoms with E-state index in [1.165, 1.54) is 6.07 Å². The fourth-order valence-corrected chi connectivity index (χ4v) is 2.96. The summed E-state index contributed by atoms with van der Waals surface area (Å²) in [6.07, 6.45) is 0. The van der Waals surface area contributed by atoms with Crippen LogP contribution in [0.3, 0.4) is 0 Å². The third-order valence-corrected chi connectivity index (χ3v) is 4.44. The quantitative estimate of drug-likeness (QED) is 0.891. The van der Waals surface area contributed by atoms with Crippen molar-refractivity contribution < 1.29 is 9.13 Å². The zero-order chi connectivity index (χ0) is 18.0. The van der Waals surface area contributed by atoms with Gasteiger partial charge in [0.2, 0.25) is 0 Å². The van der Waals surface area contributed by atoms with Crippen LogP contribution in [0.2, 0.25) is 0 Å². The lowest BCUT2D eigenvalue weighted by Crippen LogP contribution is -2.44. The van der Waals surface area contributed by atoms with Crippen LogP contribution >= 0.6 is 0 Å². The van der Waals surface area contributed by atoms with Gasteiger partial charge >= 0.3 is 6.01 Å². The van der Waals surface area contributed by atoms with E-state index in [0.29, 0.717) is 29.8 Å². The highest BCUT2D eigenvalue weighted by Gasteiger charge is 2.20. The summed E-state index contributed by atoms with van der Waals surface area (Å²) < 4.78 is 22.0. The number of hydrogen-bond donors (Lipinski definition) is 1. The first-order valence-corrected chi connectivity index (χ1v) is 8.59. The molecule has 1 aliphatic rings. The minimum absolute atomic E-state index is 0.237. The Kier molecular flexibility index (Phi) is 5.19. The molecule has 0 aliphatic carbocycles. The highest BCUT2D eigenvalue weighted by molar-refractivity contribution is 5.53. The lowest BCUT2D eigenvalue weighted by molar-refractivity contribution is 0.311. The number of aromatic nitrogens is 3. The predicted octanol–water partition coefficient (Wildman–Crippen LogP) is 2.00. The number of hydrogen-bond acceptors (Lipinski definition) is 6. The Morgan fingerprint density at radius 2 is 1.96 bits per heavy atom. The van der Waals surface area contributed by atoms with E-state index < -0.39 is 0 Å². The van der Waals surface area contributed by atoms with Gasteiger partial charge in [0.25, 0.3) is 0 Å². The van der Waals surface area contributed by atoms with Crippen LogP contribution in [0, 0.1) is 5.82 Å². The second-order valence-electron chi connectivity index (χ2n) is 6.38. The van der Waals surface area contributed by atoms with E-state index in [0.717, 1.165) is 26.2 Å². The molecule has 136 valence electrons. The predicted molar refractivity (Wildman–Crippen MR) is 94.5 cm³/mol. The molecule has 1 aromatic carbocycles. The highest BCUT2D eigenvalue weighted by Crippen LogP contribution is 2.29. The molecule has 0 unspecified atom stereocenters. The first-order chi connectivity index (χ1) is 12.0. The van der Waals surface area contributed by atoms with E-state index in [1.807, 2.05) is 23.3 Å². The van der Waals surface area contributed by atoms with Gasteiger partial charge in [0.1, 0.15) is 11.6 Å². The molecule has 1 aliphatic heterocycles. The molecule has 0 amide bonds. The van der Waals surface area contributed by atoms with Crippen molar-refractivity contribution in [2.75, 3.05) is 38.1 Å². The Morgan fingerprint density at radius 3 is 2.60 bits per heavy atom. The van der Waals surface area contributed by atoms with Crippen LogP contribution in [-0.2, 0) is 6.54 Å². The van der Waals surface area contributed by atoms with Crippen molar-refractivity contribution in [3.05, 3.63) is 29.8 Å². The van der Waals surface area contributed by atoms with E-state index >= 15 is 0 Å². The molecule has 2 aromatic rings. The average molecular weight is 348 g/mol. The number of ether oxygens (including phenoxy) is 1. The minimum atomic E-state index is -0.245. The molecule has 2 N–H and O–H groups in total. The van der Waals surface area contributed by atoms with Crippen molar-refractivity contribution in [3.8, 4) is 11.8 Å². The first-order valence-electron chi connectivity index (χ1n) is 8.59. The summed E-state index contributed by atoms with van der Waals surface area (Å²) >= 11 is 0. The minimum Gasteiger partial charge on any atom is -0.424 e. The number of nitrogens with two attached hydrogens (primary N) is 1. The van der Waals surface area contributed by atoms with Gasteiger partial charge in [-0.2, -0.15) is 0 Å². The first kappa shape index (κ1) is 17.6. The average Bonchev–Trinajstić information content (AvgIpc) is 3.00. The van der Waals surface area contributed by atoms with Crippen molar-refractivity contribution in [1.82, 2.24) is 19.7 Å². The van der Waals surface area contributed by atoms with Gasteiger partial charge < -0.3 is 20.3 Å². The molecule has 25 heavy (non-hydrogen) atoms. The van der Waals surface area contributed by atoms with Crippen molar-refractivity contribution in [3.63, 3.8) is 0 Å². The standard InChI is InChI=1S/C17H25FN6O/c1-4-24-16(12(2)19)20-21-17(24)25-13-5-6-14(18)15(11-13)23-9-7-22(3)8-10-23/h5-6,11-12H,4,7-10,19H2,1-3H3/t12-/m1/s1. The molecule has 3 rings (SSSR count). The monoisotopic (exact) mass is 348 g/mol. The molecule has 0 radical (unpaired) electrons. The van der Waals surface area contributed by atoms with Crippen molar-refractivity contribution in [2.24, 2.45) is 5.73 Å². The second kappa shape index (κ2) is 7.37. The van der Waals surface area contributed by atoms with Crippen LogP contribution in [0.4, 0.5) is 10.1 Å². The summed E-state index contributed by atoms with van der Waals surface area (Å²) in [5.74, 6) is 0.956. The van der Waals surface area contributed by atoms with Crippen molar-refractivity contribution in [1.29, 1.82) is 0 Å². The number of halogens is 1. The van der Waals surface area contributed by atoms with Gasteiger partial charge in [-0.15, -0.1) is 5.10 Å². The van der Waals surface area contributed by atoms with Crippen LogP contribution in [0.25, 0.3) is 0 Å². The number of benzene rings is 1. The van der Waals surface area contributed by atoms with E-state index in [-0.39, 0.29) is 11.9 Å². The van der Waals surface area contributed by atoms with Crippen LogP contribution < -0.4 is 15.4 Å². The van der Waals surface area contributed by atoms with Crippen LogP contribution in [0.1, 0.15) is 25.7 Å². The zero-order valence-corrected chi connectivity index (χ0v) is 14.9. The molecule has 1 atom stereocenters. The maximum Gasteiger partial charge on any atom is 0.322 e. The van der Waals surface area contributed by atoms with E-state index in [4.69, 9.17) is 10.5 Å². The summed E-state index contributed by atoms with van der Waals surface area (Å²) in [7, 11) is 2.07. The number of likely N-dealkylation sites (N-methyl/N-ethyl adjacent to an activating group) is 1. The van der Waals surface area contributed by atoms with Gasteiger partial charge in [-0.1, -0.05) is 5.10 Å². The number of nitrogens with zero attached hydrogens (tertiary/aromatic N) is 5. The maximum absolute atomic E-state index is 14.3. The normalized spacial score (nSPS) is 16.9. The SMILES string of the molecule is CCn1c(Oc2ccc(F)c(N3CCN(C)CC3)c2)nnc1[C@@H](C)N. The zero-order valence-electron chi connectivity index (χ0n) is 14.9. The van der Waals surface area contributed by atoms with Crippen LogP contribution in [0.15, 0.2) is 18.2 Å². The topological polar surface area (TPSA) is 72.4 Å². The van der Waals surface area contributed by atoms with Gasteiger partial charge in [0, 0.05) is 38.8 Å². The number of anilines is 1. The Hall–Kier alpha value is -2.19. The van der Waals surface area contributed by atoms with Gasteiger partial charge in [-0.3, -0.25) is 4.57 Å². The molecule has 1 aromatic heterocycles. The van der Waals surface area contributed by atoms with Crippen molar-refractivity contribution >= 4 is 5.69 Å². The van der Waals surface area contributed by atoms with E-state index in [9.17, 15) is 4.39 Å². The maximum atomic E-state index is 14.3. The third kappa shape index (κ3) is 3.74.